The highest BCUT2D eigenvalue weighted by molar-refractivity contribution is 7.98. The molecule has 0 saturated carbocycles. The molecule has 0 aliphatic carbocycles. The number of hydrogen-bond acceptors (Lipinski definition) is 6. The zero-order chi connectivity index (χ0) is 27.4. The fourth-order valence-corrected chi connectivity index (χ4v) is 4.60. The van der Waals surface area contributed by atoms with Gasteiger partial charge in [0, 0.05) is 23.6 Å². The molecule has 1 heterocycles. The number of rotatable bonds is 8. The number of nitro groups is 1. The number of nitrogens with one attached hydrogen (secondary N) is 1. The third-order valence-electron chi connectivity index (χ3n) is 5.24. The Hall–Kier alpha value is -3.97. The van der Waals surface area contributed by atoms with Crippen LogP contribution in [-0.2, 0) is 18.5 Å². The Kier molecular flexibility index (Phi) is 7.97. The summed E-state index contributed by atoms with van der Waals surface area (Å²) in [6.45, 7) is -0.225. The monoisotopic (exact) mass is 565 g/mol. The molecule has 0 radical (unpaired) electrons. The van der Waals surface area contributed by atoms with E-state index in [1.807, 2.05) is 0 Å². The third kappa shape index (κ3) is 6.11. The van der Waals surface area contributed by atoms with Crippen molar-refractivity contribution in [2.24, 2.45) is 0 Å². The van der Waals surface area contributed by atoms with E-state index in [2.05, 4.69) is 15.5 Å². The summed E-state index contributed by atoms with van der Waals surface area (Å²) >= 11 is 7.03. The number of nitrogens with zero attached hydrogens (tertiary/aromatic N) is 4. The molecule has 1 N–H and O–H groups in total. The number of non-ortho nitro benzene ring substituents is 1. The van der Waals surface area contributed by atoms with Crippen molar-refractivity contribution in [2.75, 3.05) is 0 Å². The van der Waals surface area contributed by atoms with E-state index in [0.717, 1.165) is 30.0 Å². The smallest absolute Gasteiger partial charge is 0.345 e. The van der Waals surface area contributed by atoms with Crippen LogP contribution in [0, 0.1) is 15.9 Å². The van der Waals surface area contributed by atoms with Crippen LogP contribution in [0.5, 0.6) is 0 Å². The topological polar surface area (TPSA) is 103 Å². The lowest BCUT2D eigenvalue weighted by Crippen LogP contribution is -2.26. The highest BCUT2D eigenvalue weighted by Crippen LogP contribution is 2.32. The average Bonchev–Trinajstić information content (AvgIpc) is 3.28. The highest BCUT2D eigenvalue weighted by Gasteiger charge is 2.30. The summed E-state index contributed by atoms with van der Waals surface area (Å²) in [7, 11) is 0. The average molecular weight is 566 g/mol. The van der Waals surface area contributed by atoms with E-state index in [4.69, 9.17) is 11.6 Å². The van der Waals surface area contributed by atoms with Gasteiger partial charge in [0.15, 0.2) is 11.0 Å². The molecular weight excluding hydrogens is 550 g/mol. The summed E-state index contributed by atoms with van der Waals surface area (Å²) in [6.07, 6.45) is -4.49. The predicted molar refractivity (Wildman–Crippen MR) is 132 cm³/mol. The van der Waals surface area contributed by atoms with Gasteiger partial charge in [-0.2, -0.15) is 13.2 Å². The maximum atomic E-state index is 14.1. The summed E-state index contributed by atoms with van der Waals surface area (Å²) in [5, 5.41) is 21.9. The Morgan fingerprint density at radius 1 is 1.08 bits per heavy atom. The zero-order valence-corrected chi connectivity index (χ0v) is 20.6. The number of alkyl halides is 3. The Labute approximate surface area is 221 Å². The van der Waals surface area contributed by atoms with Crippen LogP contribution in [0.25, 0.3) is 5.69 Å². The summed E-state index contributed by atoms with van der Waals surface area (Å²) in [4.78, 5) is 23.1. The van der Waals surface area contributed by atoms with Gasteiger partial charge in [-0.3, -0.25) is 19.5 Å². The van der Waals surface area contributed by atoms with Crippen LogP contribution in [0.1, 0.15) is 27.3 Å². The Bertz CT molecular complexity index is 1480. The van der Waals surface area contributed by atoms with Crippen molar-refractivity contribution in [3.8, 4) is 5.69 Å². The molecule has 8 nitrogen and oxygen atoms in total. The van der Waals surface area contributed by atoms with Crippen molar-refractivity contribution < 1.29 is 27.3 Å². The van der Waals surface area contributed by atoms with Crippen molar-refractivity contribution in [3.63, 3.8) is 0 Å². The molecule has 0 bridgehead atoms. The number of thioether (sulfide) groups is 1. The largest absolute Gasteiger partial charge is 0.416 e. The standard InChI is InChI=1S/C24H16ClF4N5O3S/c25-18-5-2-6-19(26)21(18)22(35)30-12-20-31-32-23(33(20)16-7-9-17(10-8-16)34(36)37)38-13-14-3-1-4-15(11-14)24(27,28)29/h1-11H,12-13H2,(H,30,35). The van der Waals surface area contributed by atoms with Crippen molar-refractivity contribution in [1.29, 1.82) is 0 Å². The van der Waals surface area contributed by atoms with Gasteiger partial charge in [-0.1, -0.05) is 47.6 Å². The molecule has 4 rings (SSSR count). The minimum atomic E-state index is -4.49. The molecule has 0 fully saturated rings. The number of benzene rings is 3. The maximum Gasteiger partial charge on any atom is 0.416 e. The van der Waals surface area contributed by atoms with Gasteiger partial charge < -0.3 is 5.32 Å². The van der Waals surface area contributed by atoms with Crippen molar-refractivity contribution in [2.45, 2.75) is 23.6 Å². The molecule has 14 heteroatoms. The lowest BCUT2D eigenvalue weighted by atomic mass is 10.1. The quantitative estimate of drug-likeness (QED) is 0.118. The Morgan fingerprint density at radius 2 is 1.79 bits per heavy atom. The molecule has 38 heavy (non-hydrogen) atoms. The Balaban J connectivity index is 1.62. The molecule has 0 aliphatic heterocycles. The van der Waals surface area contributed by atoms with E-state index in [1.165, 1.54) is 53.1 Å². The van der Waals surface area contributed by atoms with Crippen molar-refractivity contribution in [3.05, 3.63) is 110 Å². The van der Waals surface area contributed by atoms with Crippen LogP contribution >= 0.6 is 23.4 Å². The lowest BCUT2D eigenvalue weighted by Gasteiger charge is -2.12. The molecule has 0 atom stereocenters. The molecule has 1 amide bonds. The first kappa shape index (κ1) is 27.1. The molecule has 0 aliphatic rings. The SMILES string of the molecule is O=C(NCc1nnc(SCc2cccc(C(F)(F)F)c2)n1-c1ccc([N+](=O)[O-])cc1)c1c(F)cccc1Cl. The number of carbonyl (C=O) groups excluding carboxylic acids is 1. The van der Waals surface area contributed by atoms with Gasteiger partial charge in [0.1, 0.15) is 5.82 Å². The number of carbonyl (C=O) groups is 1. The van der Waals surface area contributed by atoms with Gasteiger partial charge in [0.05, 0.1) is 27.6 Å². The first-order valence-electron chi connectivity index (χ1n) is 10.7. The summed E-state index contributed by atoms with van der Waals surface area (Å²) < 4.78 is 54.9. The summed E-state index contributed by atoms with van der Waals surface area (Å²) in [5.41, 5.74) is -0.520. The molecule has 196 valence electrons. The molecule has 4 aromatic rings. The van der Waals surface area contributed by atoms with Crippen LogP contribution in [0.15, 0.2) is 71.9 Å². The summed E-state index contributed by atoms with van der Waals surface area (Å²) in [6, 6.07) is 14.0. The zero-order valence-electron chi connectivity index (χ0n) is 19.1. The van der Waals surface area contributed by atoms with Gasteiger partial charge in [0.25, 0.3) is 11.6 Å². The van der Waals surface area contributed by atoms with E-state index < -0.39 is 28.4 Å². The van der Waals surface area contributed by atoms with E-state index in [-0.39, 0.29) is 39.6 Å². The molecule has 0 unspecified atom stereocenters. The van der Waals surface area contributed by atoms with Gasteiger partial charge in [-0.15, -0.1) is 10.2 Å². The number of halogens is 5. The third-order valence-corrected chi connectivity index (χ3v) is 6.55. The van der Waals surface area contributed by atoms with Crippen LogP contribution in [-0.4, -0.2) is 25.6 Å². The second-order valence-electron chi connectivity index (χ2n) is 7.77. The number of aromatic nitrogens is 3. The molecule has 3 aromatic carbocycles. The first-order chi connectivity index (χ1) is 18.0. The van der Waals surface area contributed by atoms with E-state index in [1.54, 1.807) is 0 Å². The van der Waals surface area contributed by atoms with Crippen LogP contribution < -0.4 is 5.32 Å². The second-order valence-corrected chi connectivity index (χ2v) is 9.12. The van der Waals surface area contributed by atoms with Gasteiger partial charge in [-0.05, 0) is 35.9 Å². The van der Waals surface area contributed by atoms with Crippen molar-refractivity contribution in [1.82, 2.24) is 20.1 Å². The fraction of sp³-hybridized carbons (Fsp3) is 0.125. The van der Waals surface area contributed by atoms with Crippen molar-refractivity contribution >= 4 is 35.0 Å². The lowest BCUT2D eigenvalue weighted by molar-refractivity contribution is -0.384. The number of amides is 1. The molecule has 1 aromatic heterocycles. The molecular formula is C24H16ClF4N5O3S. The number of nitro benzene ring substituents is 1. The second kappa shape index (κ2) is 11.2. The van der Waals surface area contributed by atoms with Crippen LogP contribution in [0.2, 0.25) is 5.02 Å². The number of hydrogen-bond donors (Lipinski definition) is 1. The minimum absolute atomic E-state index is 0.0864. The fourth-order valence-electron chi connectivity index (χ4n) is 3.44. The maximum absolute atomic E-state index is 14.1. The van der Waals surface area contributed by atoms with E-state index in [0.29, 0.717) is 11.3 Å². The highest BCUT2D eigenvalue weighted by atomic mass is 35.5. The van der Waals surface area contributed by atoms with Gasteiger partial charge in [-0.25, -0.2) is 4.39 Å². The van der Waals surface area contributed by atoms with Gasteiger partial charge in [0.2, 0.25) is 0 Å². The normalized spacial score (nSPS) is 11.4. The summed E-state index contributed by atoms with van der Waals surface area (Å²) in [5.74, 6) is -1.33. The first-order valence-corrected chi connectivity index (χ1v) is 12.1. The molecule has 0 spiro atoms. The van der Waals surface area contributed by atoms with E-state index >= 15 is 0 Å². The van der Waals surface area contributed by atoms with Gasteiger partial charge >= 0.3 is 6.18 Å². The predicted octanol–water partition coefficient (Wildman–Crippen LogP) is 6.21. The van der Waals surface area contributed by atoms with Crippen LogP contribution in [0.4, 0.5) is 23.2 Å². The van der Waals surface area contributed by atoms with E-state index in [9.17, 15) is 32.5 Å². The minimum Gasteiger partial charge on any atom is -0.345 e. The molecule has 0 saturated heterocycles. The Morgan fingerprint density at radius 3 is 2.45 bits per heavy atom. The van der Waals surface area contributed by atoms with Crippen LogP contribution in [0.3, 0.4) is 0 Å².